The Labute approximate surface area is 310 Å². The maximum absolute atomic E-state index is 15.9. The van der Waals surface area contributed by atoms with Crippen molar-refractivity contribution in [3.05, 3.63) is 59.9 Å². The number of Topliss-reactive ketones (excluding diaryl/α,β-unsaturated/α-hetero) is 2. The summed E-state index contributed by atoms with van der Waals surface area (Å²) in [6.45, 7) is 8.23. The Morgan fingerprint density at radius 1 is 0.811 bits per heavy atom. The number of ether oxygens (including phenoxy) is 6. The molecule has 1 saturated carbocycles. The number of halogens is 1. The van der Waals surface area contributed by atoms with E-state index in [1.807, 2.05) is 6.07 Å². The summed E-state index contributed by atoms with van der Waals surface area (Å²) in [5.41, 5.74) is 0.192. The first kappa shape index (κ1) is 41.3. The fourth-order valence-electron chi connectivity index (χ4n) is 6.27. The molecule has 1 atom stereocenters. The molecule has 2 aliphatic rings. The third-order valence-corrected chi connectivity index (χ3v) is 9.59. The third kappa shape index (κ3) is 12.6. The van der Waals surface area contributed by atoms with Gasteiger partial charge in [0.05, 0.1) is 12.0 Å². The van der Waals surface area contributed by atoms with Gasteiger partial charge in [-0.3, -0.25) is 9.59 Å². The van der Waals surface area contributed by atoms with Crippen LogP contribution in [-0.2, 0) is 42.9 Å². The zero-order valence-electron chi connectivity index (χ0n) is 31.2. The van der Waals surface area contributed by atoms with Crippen LogP contribution < -0.4 is 9.47 Å². The summed E-state index contributed by atoms with van der Waals surface area (Å²) >= 11 is 0. The molecule has 2 fully saturated rings. The summed E-state index contributed by atoms with van der Waals surface area (Å²) < 4.78 is 48.8. The van der Waals surface area contributed by atoms with E-state index in [-0.39, 0.29) is 41.8 Å². The molecule has 1 unspecified atom stereocenters. The van der Waals surface area contributed by atoms with Crippen LogP contribution in [0.25, 0.3) is 11.1 Å². The van der Waals surface area contributed by atoms with Gasteiger partial charge < -0.3 is 28.4 Å². The lowest BCUT2D eigenvalue weighted by molar-refractivity contribution is -0.167. The highest BCUT2D eigenvalue weighted by atomic mass is 19.1. The van der Waals surface area contributed by atoms with Crippen LogP contribution in [0.4, 0.5) is 4.39 Å². The minimum absolute atomic E-state index is 0.00461. The Bertz CT molecular complexity index is 1610. The van der Waals surface area contributed by atoms with Crippen LogP contribution >= 0.6 is 0 Å². The number of epoxide rings is 1. The Morgan fingerprint density at radius 3 is 2.02 bits per heavy atom. The number of esters is 3. The van der Waals surface area contributed by atoms with E-state index in [9.17, 15) is 24.0 Å². The summed E-state index contributed by atoms with van der Waals surface area (Å²) in [6, 6.07) is 9.71. The minimum Gasteiger partial charge on any atom is -0.493 e. The smallest absolute Gasteiger partial charge is 0.374 e. The number of hydrogen-bond donors (Lipinski definition) is 0. The van der Waals surface area contributed by atoms with Crippen molar-refractivity contribution >= 4 is 29.5 Å². The molecule has 11 nitrogen and oxygen atoms in total. The van der Waals surface area contributed by atoms with E-state index in [2.05, 4.69) is 13.5 Å². The molecule has 0 amide bonds. The maximum atomic E-state index is 15.9. The average Bonchev–Trinajstić information content (AvgIpc) is 3.98. The predicted octanol–water partition coefficient (Wildman–Crippen LogP) is 7.22. The predicted molar refractivity (Wildman–Crippen MR) is 193 cm³/mol. The van der Waals surface area contributed by atoms with Crippen LogP contribution in [0.1, 0.15) is 97.0 Å². The Hall–Kier alpha value is -4.42. The summed E-state index contributed by atoms with van der Waals surface area (Å²) in [5.74, 6) is -3.99. The molecule has 0 radical (unpaired) electrons. The highest BCUT2D eigenvalue weighted by Crippen LogP contribution is 2.41. The number of benzene rings is 2. The van der Waals surface area contributed by atoms with Crippen molar-refractivity contribution in [2.45, 2.75) is 97.7 Å². The zero-order valence-corrected chi connectivity index (χ0v) is 31.2. The van der Waals surface area contributed by atoms with Crippen LogP contribution in [-0.4, -0.2) is 68.8 Å². The molecular weight excluding hydrogens is 687 g/mol. The lowest BCUT2D eigenvalue weighted by Crippen LogP contribution is -2.44. The van der Waals surface area contributed by atoms with Crippen LogP contribution in [0.2, 0.25) is 0 Å². The minimum atomic E-state index is -1.41. The van der Waals surface area contributed by atoms with Crippen LogP contribution in [0.15, 0.2) is 48.6 Å². The lowest BCUT2D eigenvalue weighted by atomic mass is 9.77. The molecule has 4 rings (SSSR count). The molecule has 0 aromatic heterocycles. The van der Waals surface area contributed by atoms with E-state index < -0.39 is 60.2 Å². The first-order chi connectivity index (χ1) is 25.3. The van der Waals surface area contributed by atoms with Gasteiger partial charge in [-0.05, 0) is 68.2 Å². The second-order valence-corrected chi connectivity index (χ2v) is 14.3. The third-order valence-electron chi connectivity index (χ3n) is 9.59. The monoisotopic (exact) mass is 738 g/mol. The lowest BCUT2D eigenvalue weighted by Gasteiger charge is -2.32. The number of unbranched alkanes of at least 4 members (excludes halogenated alkanes) is 3. The number of rotatable bonds is 21. The SMILES string of the molecule is C=C(C)C(=O)Oc1cc(OCC(COC(=O)C(C)=O)(COC(=O)C(C)=O)COC2CO2)ccc1-c1ccc(C2CCC(CCCCCC)CC2)cc1F. The molecule has 1 aliphatic heterocycles. The maximum Gasteiger partial charge on any atom is 0.374 e. The molecule has 0 N–H and O–H groups in total. The van der Waals surface area contributed by atoms with Gasteiger partial charge in [0, 0.05) is 36.6 Å². The van der Waals surface area contributed by atoms with Gasteiger partial charge in [-0.2, -0.15) is 0 Å². The molecule has 1 heterocycles. The molecule has 2 aromatic rings. The first-order valence-corrected chi connectivity index (χ1v) is 18.3. The number of carbonyl (C=O) groups excluding carboxylic acids is 5. The summed E-state index contributed by atoms with van der Waals surface area (Å²) in [7, 11) is 0. The highest BCUT2D eigenvalue weighted by Gasteiger charge is 2.39. The molecule has 0 bridgehead atoms. The molecule has 1 saturated heterocycles. The number of hydrogen-bond acceptors (Lipinski definition) is 11. The molecule has 1 aliphatic carbocycles. The van der Waals surface area contributed by atoms with Crippen molar-refractivity contribution in [1.29, 1.82) is 0 Å². The van der Waals surface area contributed by atoms with Gasteiger partial charge in [0.25, 0.3) is 0 Å². The summed E-state index contributed by atoms with van der Waals surface area (Å²) in [4.78, 5) is 60.2. The van der Waals surface area contributed by atoms with Gasteiger partial charge in [0.15, 0.2) is 6.29 Å². The second-order valence-electron chi connectivity index (χ2n) is 14.3. The Morgan fingerprint density at radius 2 is 1.45 bits per heavy atom. The van der Waals surface area contributed by atoms with Crippen LogP contribution in [0, 0.1) is 17.2 Å². The zero-order chi connectivity index (χ0) is 38.5. The Kier molecular flexibility index (Phi) is 15.3. The van der Waals surface area contributed by atoms with Crippen LogP contribution in [0.3, 0.4) is 0 Å². The van der Waals surface area contributed by atoms with E-state index in [4.69, 9.17) is 28.4 Å². The fourth-order valence-corrected chi connectivity index (χ4v) is 6.27. The van der Waals surface area contributed by atoms with E-state index in [1.54, 1.807) is 24.3 Å². The highest BCUT2D eigenvalue weighted by molar-refractivity contribution is 6.32. The van der Waals surface area contributed by atoms with Crippen molar-refractivity contribution in [2.75, 3.05) is 33.0 Å². The molecule has 2 aromatic carbocycles. The van der Waals surface area contributed by atoms with Gasteiger partial charge in [0.2, 0.25) is 11.6 Å². The molecule has 53 heavy (non-hydrogen) atoms. The van der Waals surface area contributed by atoms with Crippen molar-refractivity contribution in [2.24, 2.45) is 11.3 Å². The normalized spacial score (nSPS) is 18.1. The van der Waals surface area contributed by atoms with Gasteiger partial charge in [-0.1, -0.05) is 57.7 Å². The molecule has 12 heteroatoms. The van der Waals surface area contributed by atoms with Gasteiger partial charge in [-0.25, -0.2) is 18.8 Å². The van der Waals surface area contributed by atoms with Gasteiger partial charge >= 0.3 is 17.9 Å². The fraction of sp³-hybridized carbons (Fsp3) is 0.537. The molecular formula is C41H51FO11. The second kappa shape index (κ2) is 19.6. The summed E-state index contributed by atoms with van der Waals surface area (Å²) in [6.07, 6.45) is 10.1. The quantitative estimate of drug-likeness (QED) is 0.0320. The number of carbonyl (C=O) groups is 5. The first-order valence-electron chi connectivity index (χ1n) is 18.3. The van der Waals surface area contributed by atoms with Crippen LogP contribution in [0.5, 0.6) is 11.5 Å². The standard InChI is InChI=1S/C41H51FO11/c1-6-7-8-9-10-29-11-13-30(14-12-29)31-15-17-33(35(42)19-31)34-18-16-32(20-36(34)53-38(45)26(2)3)49-22-41(23-50-37-21-48-37,24-51-39(46)27(4)43)25-52-40(47)28(5)44/h15-20,29-30,37H,2,6-14,21-25H2,1,3-5H3. The van der Waals surface area contributed by atoms with Gasteiger partial charge in [-0.15, -0.1) is 0 Å². The average molecular weight is 739 g/mol. The van der Waals surface area contributed by atoms with E-state index >= 15 is 4.39 Å². The van der Waals surface area contributed by atoms with Gasteiger partial charge in [0.1, 0.15) is 43.7 Å². The molecule has 288 valence electrons. The van der Waals surface area contributed by atoms with Crippen molar-refractivity contribution in [1.82, 2.24) is 0 Å². The van der Waals surface area contributed by atoms with E-state index in [0.717, 1.165) is 51.0 Å². The molecule has 0 spiro atoms. The van der Waals surface area contributed by atoms with E-state index in [0.29, 0.717) is 12.2 Å². The Balaban J connectivity index is 1.56. The van der Waals surface area contributed by atoms with Crippen molar-refractivity contribution in [3.8, 4) is 22.6 Å². The summed E-state index contributed by atoms with van der Waals surface area (Å²) in [5, 5.41) is 0. The van der Waals surface area contributed by atoms with Crippen molar-refractivity contribution < 1.29 is 56.8 Å². The van der Waals surface area contributed by atoms with E-state index in [1.165, 1.54) is 45.1 Å². The topological polar surface area (TPSA) is 144 Å². The number of ketones is 2. The van der Waals surface area contributed by atoms with Crippen molar-refractivity contribution in [3.63, 3.8) is 0 Å². The largest absolute Gasteiger partial charge is 0.493 e.